The summed E-state index contributed by atoms with van der Waals surface area (Å²) >= 11 is 0. The molecule has 0 saturated carbocycles. The minimum absolute atomic E-state index is 0.0523. The molecule has 1 atom stereocenters. The summed E-state index contributed by atoms with van der Waals surface area (Å²) in [6.45, 7) is 2.02. The largest absolute Gasteiger partial charge is 0.508 e. The summed E-state index contributed by atoms with van der Waals surface area (Å²) < 4.78 is 5.96. The van der Waals surface area contributed by atoms with Gasteiger partial charge in [0.15, 0.2) is 0 Å². The molecule has 1 aliphatic rings. The molecule has 0 aliphatic carbocycles. The maximum absolute atomic E-state index is 9.32. The van der Waals surface area contributed by atoms with Gasteiger partial charge in [0.25, 0.3) is 0 Å². The van der Waals surface area contributed by atoms with Crippen LogP contribution in [-0.4, -0.2) is 5.11 Å². The number of phenolic OH excluding ortho intramolecular Hbond substituents is 1. The summed E-state index contributed by atoms with van der Waals surface area (Å²) in [4.78, 5) is 0. The van der Waals surface area contributed by atoms with Gasteiger partial charge in [-0.15, -0.1) is 0 Å². The molecule has 2 aromatic carbocycles. The molecule has 2 aromatic rings. The number of phenols is 1. The van der Waals surface area contributed by atoms with Gasteiger partial charge < -0.3 is 9.84 Å². The number of ether oxygens (including phenoxy) is 1. The predicted octanol–water partition coefficient (Wildman–Crippen LogP) is 4.10. The Morgan fingerprint density at radius 2 is 1.95 bits per heavy atom. The predicted molar refractivity (Wildman–Crippen MR) is 76.3 cm³/mol. The van der Waals surface area contributed by atoms with Crippen molar-refractivity contribution in [3.05, 3.63) is 65.2 Å². The van der Waals surface area contributed by atoms with E-state index in [1.54, 1.807) is 12.1 Å². The van der Waals surface area contributed by atoms with Gasteiger partial charge in [0.2, 0.25) is 0 Å². The Kier molecular flexibility index (Phi) is 3.00. The third-order valence-corrected chi connectivity index (χ3v) is 3.38. The summed E-state index contributed by atoms with van der Waals surface area (Å²) in [5.41, 5.74) is 3.55. The van der Waals surface area contributed by atoms with Gasteiger partial charge in [-0.25, -0.2) is 0 Å². The molecule has 19 heavy (non-hydrogen) atoms. The molecular formula is C17H16O2. The summed E-state index contributed by atoms with van der Waals surface area (Å²) in [5.74, 6) is 1.25. The molecule has 0 bridgehead atoms. The minimum atomic E-state index is 0.0523. The Hall–Kier alpha value is -2.22. The number of rotatable bonds is 2. The lowest BCUT2D eigenvalue weighted by Gasteiger charge is -2.10. The Balaban J connectivity index is 1.85. The van der Waals surface area contributed by atoms with Gasteiger partial charge in [-0.1, -0.05) is 30.4 Å². The average Bonchev–Trinajstić information content (AvgIpc) is 2.83. The van der Waals surface area contributed by atoms with Crippen molar-refractivity contribution in [2.75, 3.05) is 0 Å². The SMILES string of the molecule is CC=Cc1ccc2c(c1)CC(c1ccc(O)cc1)O2. The van der Waals surface area contributed by atoms with Crippen molar-refractivity contribution in [3.63, 3.8) is 0 Å². The number of allylic oxidation sites excluding steroid dienone is 1. The first-order valence-corrected chi connectivity index (χ1v) is 6.47. The van der Waals surface area contributed by atoms with Crippen LogP contribution in [0.15, 0.2) is 48.5 Å². The van der Waals surface area contributed by atoms with Gasteiger partial charge in [-0.2, -0.15) is 0 Å². The van der Waals surface area contributed by atoms with Crippen molar-refractivity contribution in [3.8, 4) is 11.5 Å². The van der Waals surface area contributed by atoms with Gasteiger partial charge in [0.1, 0.15) is 17.6 Å². The minimum Gasteiger partial charge on any atom is -0.508 e. The van der Waals surface area contributed by atoms with Crippen molar-refractivity contribution in [1.82, 2.24) is 0 Å². The first-order valence-electron chi connectivity index (χ1n) is 6.47. The molecule has 1 heterocycles. The van der Waals surface area contributed by atoms with Crippen LogP contribution < -0.4 is 4.74 Å². The fraction of sp³-hybridized carbons (Fsp3) is 0.176. The van der Waals surface area contributed by atoms with Crippen molar-refractivity contribution in [2.24, 2.45) is 0 Å². The van der Waals surface area contributed by atoms with E-state index in [9.17, 15) is 5.11 Å². The Morgan fingerprint density at radius 3 is 2.68 bits per heavy atom. The highest BCUT2D eigenvalue weighted by Crippen LogP contribution is 2.37. The molecule has 96 valence electrons. The van der Waals surface area contributed by atoms with Crippen molar-refractivity contribution >= 4 is 6.08 Å². The highest BCUT2D eigenvalue weighted by molar-refractivity contribution is 5.54. The average molecular weight is 252 g/mol. The monoisotopic (exact) mass is 252 g/mol. The van der Waals surface area contributed by atoms with Gasteiger partial charge in [0, 0.05) is 6.42 Å². The van der Waals surface area contributed by atoms with Crippen LogP contribution in [0.5, 0.6) is 11.5 Å². The summed E-state index contributed by atoms with van der Waals surface area (Å²) in [6.07, 6.45) is 5.06. The fourth-order valence-electron chi connectivity index (χ4n) is 2.44. The van der Waals surface area contributed by atoms with E-state index in [4.69, 9.17) is 4.74 Å². The first kappa shape index (κ1) is 11.8. The van der Waals surface area contributed by atoms with Crippen LogP contribution in [0.4, 0.5) is 0 Å². The smallest absolute Gasteiger partial charge is 0.128 e. The Morgan fingerprint density at radius 1 is 1.16 bits per heavy atom. The van der Waals surface area contributed by atoms with Crippen LogP contribution in [0.2, 0.25) is 0 Å². The van der Waals surface area contributed by atoms with E-state index in [2.05, 4.69) is 18.2 Å². The molecule has 1 aliphatic heterocycles. The third-order valence-electron chi connectivity index (χ3n) is 3.38. The molecular weight excluding hydrogens is 236 g/mol. The summed E-state index contributed by atoms with van der Waals surface area (Å²) in [5, 5.41) is 9.32. The second kappa shape index (κ2) is 4.81. The lowest BCUT2D eigenvalue weighted by Crippen LogP contribution is -2.02. The number of aromatic hydroxyl groups is 1. The van der Waals surface area contributed by atoms with Crippen molar-refractivity contribution in [1.29, 1.82) is 0 Å². The normalized spacial score (nSPS) is 17.4. The molecule has 0 saturated heterocycles. The zero-order chi connectivity index (χ0) is 13.2. The second-order valence-corrected chi connectivity index (χ2v) is 4.77. The van der Waals surface area contributed by atoms with Crippen molar-refractivity contribution < 1.29 is 9.84 Å². The van der Waals surface area contributed by atoms with Crippen molar-refractivity contribution in [2.45, 2.75) is 19.4 Å². The van der Waals surface area contributed by atoms with E-state index >= 15 is 0 Å². The lowest BCUT2D eigenvalue weighted by molar-refractivity contribution is 0.238. The number of fused-ring (bicyclic) bond motifs is 1. The van der Waals surface area contributed by atoms with Crippen LogP contribution in [0.1, 0.15) is 29.7 Å². The van der Waals surface area contributed by atoms with Crippen LogP contribution in [0.25, 0.3) is 6.08 Å². The Bertz CT molecular complexity index is 612. The van der Waals surface area contributed by atoms with E-state index in [1.807, 2.05) is 31.2 Å². The summed E-state index contributed by atoms with van der Waals surface area (Å²) in [7, 11) is 0. The molecule has 0 spiro atoms. The van der Waals surface area contributed by atoms with Crippen LogP contribution >= 0.6 is 0 Å². The second-order valence-electron chi connectivity index (χ2n) is 4.77. The summed E-state index contributed by atoms with van der Waals surface area (Å²) in [6, 6.07) is 13.5. The number of hydrogen-bond acceptors (Lipinski definition) is 2. The van der Waals surface area contributed by atoms with Gasteiger partial charge in [-0.3, -0.25) is 0 Å². The molecule has 0 aromatic heterocycles. The molecule has 2 nitrogen and oxygen atoms in total. The van der Waals surface area contributed by atoms with Crippen LogP contribution in [-0.2, 0) is 6.42 Å². The standard InChI is InChI=1S/C17H16O2/c1-2-3-12-4-9-16-14(10-12)11-17(19-16)13-5-7-15(18)8-6-13/h2-10,17-18H,11H2,1H3. The fourth-order valence-corrected chi connectivity index (χ4v) is 2.44. The van der Waals surface area contributed by atoms with Gasteiger partial charge in [-0.05, 0) is 47.9 Å². The van der Waals surface area contributed by atoms with E-state index < -0.39 is 0 Å². The maximum atomic E-state index is 9.32. The van der Waals surface area contributed by atoms with Crippen LogP contribution in [0.3, 0.4) is 0 Å². The highest BCUT2D eigenvalue weighted by Gasteiger charge is 2.24. The third kappa shape index (κ3) is 2.34. The quantitative estimate of drug-likeness (QED) is 0.871. The zero-order valence-electron chi connectivity index (χ0n) is 10.8. The molecule has 1 N–H and O–H groups in total. The van der Waals surface area contributed by atoms with Gasteiger partial charge >= 0.3 is 0 Å². The highest BCUT2D eigenvalue weighted by atomic mass is 16.5. The topological polar surface area (TPSA) is 29.5 Å². The lowest BCUT2D eigenvalue weighted by atomic mass is 10.0. The van der Waals surface area contributed by atoms with Crippen LogP contribution in [0, 0.1) is 0 Å². The number of benzene rings is 2. The molecule has 0 amide bonds. The van der Waals surface area contributed by atoms with E-state index in [1.165, 1.54) is 11.1 Å². The van der Waals surface area contributed by atoms with E-state index in [-0.39, 0.29) is 11.9 Å². The molecule has 0 radical (unpaired) electrons. The number of hydrogen-bond donors (Lipinski definition) is 1. The molecule has 3 rings (SSSR count). The zero-order valence-corrected chi connectivity index (χ0v) is 10.8. The Labute approximate surface area is 113 Å². The van der Waals surface area contributed by atoms with E-state index in [0.29, 0.717) is 0 Å². The van der Waals surface area contributed by atoms with E-state index in [0.717, 1.165) is 17.7 Å². The maximum Gasteiger partial charge on any atom is 0.128 e. The van der Waals surface area contributed by atoms with Gasteiger partial charge in [0.05, 0.1) is 0 Å². The molecule has 0 fully saturated rings. The molecule has 2 heteroatoms. The molecule has 1 unspecified atom stereocenters. The first-order chi connectivity index (χ1) is 9.26.